The van der Waals surface area contributed by atoms with Gasteiger partial charge in [-0.05, 0) is 49.5 Å². The van der Waals surface area contributed by atoms with Crippen LogP contribution in [0.2, 0.25) is 0 Å². The molecule has 0 aromatic heterocycles. The molecule has 1 atom stereocenters. The predicted molar refractivity (Wildman–Crippen MR) is 119 cm³/mol. The maximum absolute atomic E-state index is 6.04. The molecule has 0 saturated heterocycles. The lowest BCUT2D eigenvalue weighted by Crippen LogP contribution is -2.37. The molecule has 0 spiro atoms. The zero-order chi connectivity index (χ0) is 20.1. The molecule has 6 heteroatoms. The average Bonchev–Trinajstić information content (AvgIpc) is 2.92. The Morgan fingerprint density at radius 1 is 1.43 bits per heavy atom. The lowest BCUT2D eigenvalue weighted by atomic mass is 9.73. The van der Waals surface area contributed by atoms with Gasteiger partial charge in [0.25, 0.3) is 0 Å². The van der Waals surface area contributed by atoms with E-state index in [0.717, 1.165) is 17.2 Å². The summed E-state index contributed by atoms with van der Waals surface area (Å²) in [4.78, 5) is 4.19. The van der Waals surface area contributed by atoms with E-state index in [1.165, 1.54) is 42.0 Å². The first-order valence-electron chi connectivity index (χ1n) is 9.63. The first kappa shape index (κ1) is 20.7. The highest BCUT2D eigenvalue weighted by atomic mass is 32.2. The van der Waals surface area contributed by atoms with Gasteiger partial charge in [0.1, 0.15) is 5.82 Å². The monoisotopic (exact) mass is 398 g/mol. The number of anilines is 1. The van der Waals surface area contributed by atoms with Gasteiger partial charge in [0.15, 0.2) is 0 Å². The molecular weight excluding hydrogens is 368 g/mol. The van der Waals surface area contributed by atoms with E-state index in [-0.39, 0.29) is 0 Å². The number of hydroxylamine groups is 1. The fourth-order valence-corrected chi connectivity index (χ4v) is 4.06. The SMILES string of the molecule is C=C/C=C\N1C(=C)N(c2cccc(C(CN(N)OSC)C3CCC3)c2)C=C1C. The molecule has 1 unspecified atom stereocenters. The molecule has 2 aliphatic rings. The quantitative estimate of drug-likeness (QED) is 0.270. The minimum absolute atomic E-state index is 0.351. The second-order valence-corrected chi connectivity index (χ2v) is 7.72. The summed E-state index contributed by atoms with van der Waals surface area (Å²) in [5.41, 5.74) is 3.52. The number of benzene rings is 1. The van der Waals surface area contributed by atoms with Gasteiger partial charge in [0, 0.05) is 54.5 Å². The van der Waals surface area contributed by atoms with Crippen LogP contribution in [0, 0.1) is 5.92 Å². The van der Waals surface area contributed by atoms with E-state index in [0.29, 0.717) is 18.4 Å². The number of allylic oxidation sites excluding steroid dienone is 3. The van der Waals surface area contributed by atoms with Crippen molar-refractivity contribution >= 4 is 17.7 Å². The second kappa shape index (κ2) is 9.47. The number of hydrogen-bond acceptors (Lipinski definition) is 6. The van der Waals surface area contributed by atoms with Crippen LogP contribution in [0.25, 0.3) is 0 Å². The van der Waals surface area contributed by atoms with Crippen molar-refractivity contribution in [2.45, 2.75) is 32.1 Å². The van der Waals surface area contributed by atoms with Gasteiger partial charge < -0.3 is 9.80 Å². The van der Waals surface area contributed by atoms with E-state index in [2.05, 4.69) is 60.3 Å². The van der Waals surface area contributed by atoms with Crippen LogP contribution in [0.5, 0.6) is 0 Å². The van der Waals surface area contributed by atoms with Crippen LogP contribution in [-0.4, -0.2) is 22.9 Å². The fourth-order valence-electron chi connectivity index (χ4n) is 3.81. The van der Waals surface area contributed by atoms with Crippen LogP contribution in [0.3, 0.4) is 0 Å². The number of rotatable bonds is 9. The third-order valence-electron chi connectivity index (χ3n) is 5.47. The average molecular weight is 399 g/mol. The molecule has 0 amide bonds. The van der Waals surface area contributed by atoms with Crippen molar-refractivity contribution in [1.82, 2.24) is 10.1 Å². The minimum Gasteiger partial charge on any atom is -0.306 e. The van der Waals surface area contributed by atoms with Gasteiger partial charge in [0.2, 0.25) is 0 Å². The van der Waals surface area contributed by atoms with Crippen molar-refractivity contribution in [2.75, 3.05) is 17.7 Å². The molecule has 1 aromatic rings. The molecule has 28 heavy (non-hydrogen) atoms. The van der Waals surface area contributed by atoms with Crippen LogP contribution in [0.4, 0.5) is 5.69 Å². The minimum atomic E-state index is 0.351. The zero-order valence-corrected chi connectivity index (χ0v) is 17.6. The summed E-state index contributed by atoms with van der Waals surface area (Å²) >= 11 is 1.27. The molecule has 1 heterocycles. The number of nitrogens with two attached hydrogens (primary N) is 1. The predicted octanol–water partition coefficient (Wildman–Crippen LogP) is 5.11. The lowest BCUT2D eigenvalue weighted by Gasteiger charge is -2.36. The Balaban J connectivity index is 1.83. The van der Waals surface area contributed by atoms with E-state index in [4.69, 9.17) is 10.1 Å². The van der Waals surface area contributed by atoms with Crippen molar-refractivity contribution in [3.05, 3.63) is 79.1 Å². The highest BCUT2D eigenvalue weighted by Gasteiger charge is 2.31. The summed E-state index contributed by atoms with van der Waals surface area (Å²) in [6, 6.07) is 8.69. The summed E-state index contributed by atoms with van der Waals surface area (Å²) in [6.45, 7) is 10.8. The largest absolute Gasteiger partial charge is 0.306 e. The Morgan fingerprint density at radius 2 is 2.21 bits per heavy atom. The van der Waals surface area contributed by atoms with Crippen LogP contribution in [0.1, 0.15) is 37.7 Å². The summed E-state index contributed by atoms with van der Waals surface area (Å²) in [6.07, 6.45) is 13.4. The van der Waals surface area contributed by atoms with E-state index in [9.17, 15) is 0 Å². The number of nitrogens with zero attached hydrogens (tertiary/aromatic N) is 3. The van der Waals surface area contributed by atoms with E-state index >= 15 is 0 Å². The highest BCUT2D eigenvalue weighted by molar-refractivity contribution is 7.93. The molecule has 1 aliphatic carbocycles. The van der Waals surface area contributed by atoms with E-state index in [1.54, 1.807) is 6.08 Å². The Hall–Kier alpha value is -1.99. The molecule has 1 aromatic carbocycles. The molecule has 5 nitrogen and oxygen atoms in total. The molecule has 1 saturated carbocycles. The molecule has 1 aliphatic heterocycles. The van der Waals surface area contributed by atoms with E-state index in [1.807, 2.05) is 18.5 Å². The Kier molecular flexibility index (Phi) is 7.02. The van der Waals surface area contributed by atoms with Crippen LogP contribution < -0.4 is 10.7 Å². The Morgan fingerprint density at radius 3 is 2.86 bits per heavy atom. The lowest BCUT2D eigenvalue weighted by molar-refractivity contribution is -0.0518. The molecular formula is C22H30N4OS. The van der Waals surface area contributed by atoms with Gasteiger partial charge in [-0.15, -0.1) is 5.17 Å². The molecule has 0 bridgehead atoms. The summed E-state index contributed by atoms with van der Waals surface area (Å²) in [5, 5.41) is 1.46. The number of hydrazine groups is 1. The fraction of sp³-hybridized carbons (Fsp3) is 0.364. The third kappa shape index (κ3) is 4.52. The van der Waals surface area contributed by atoms with Gasteiger partial charge in [-0.1, -0.05) is 37.8 Å². The highest BCUT2D eigenvalue weighted by Crippen LogP contribution is 2.41. The second-order valence-electron chi connectivity index (χ2n) is 7.24. The maximum atomic E-state index is 6.04. The van der Waals surface area contributed by atoms with Gasteiger partial charge in [0.05, 0.1) is 0 Å². The van der Waals surface area contributed by atoms with Crippen molar-refractivity contribution in [2.24, 2.45) is 11.8 Å². The van der Waals surface area contributed by atoms with Gasteiger partial charge >= 0.3 is 0 Å². The Labute approximate surface area is 172 Å². The zero-order valence-electron chi connectivity index (χ0n) is 16.8. The normalized spacial score (nSPS) is 18.7. The van der Waals surface area contributed by atoms with Crippen LogP contribution >= 0.6 is 12.0 Å². The van der Waals surface area contributed by atoms with Crippen LogP contribution in [-0.2, 0) is 4.28 Å². The summed E-state index contributed by atoms with van der Waals surface area (Å²) < 4.78 is 5.40. The van der Waals surface area contributed by atoms with Gasteiger partial charge in [-0.25, -0.2) is 10.1 Å². The third-order valence-corrected chi connectivity index (χ3v) is 5.81. The Bertz CT molecular complexity index is 772. The molecule has 1 fully saturated rings. The van der Waals surface area contributed by atoms with Crippen LogP contribution in [0.15, 0.2) is 73.5 Å². The molecule has 2 N–H and O–H groups in total. The van der Waals surface area contributed by atoms with Gasteiger partial charge in [-0.3, -0.25) is 0 Å². The number of hydrogen-bond donors (Lipinski definition) is 1. The topological polar surface area (TPSA) is 45.0 Å². The summed E-state index contributed by atoms with van der Waals surface area (Å²) in [7, 11) is 0. The van der Waals surface area contributed by atoms with Crippen molar-refractivity contribution < 1.29 is 4.28 Å². The molecule has 3 rings (SSSR count). The van der Waals surface area contributed by atoms with E-state index < -0.39 is 0 Å². The first-order valence-corrected chi connectivity index (χ1v) is 10.8. The summed E-state index contributed by atoms with van der Waals surface area (Å²) in [5.74, 6) is 7.94. The molecule has 0 radical (unpaired) electrons. The maximum Gasteiger partial charge on any atom is 0.114 e. The molecule has 150 valence electrons. The van der Waals surface area contributed by atoms with Crippen molar-refractivity contribution in [1.29, 1.82) is 0 Å². The smallest absolute Gasteiger partial charge is 0.114 e. The first-order chi connectivity index (χ1) is 13.5. The van der Waals surface area contributed by atoms with Gasteiger partial charge in [-0.2, -0.15) is 0 Å². The van der Waals surface area contributed by atoms with Crippen molar-refractivity contribution in [3.8, 4) is 0 Å². The van der Waals surface area contributed by atoms with Crippen molar-refractivity contribution in [3.63, 3.8) is 0 Å². The standard InChI is InChI=1S/C22H30N4OS/c1-5-6-13-24-17(2)15-25(18(24)3)21-12-8-11-20(14-21)22(19-9-7-10-19)16-26(23)27-28-4/h5-6,8,11-15,19,22H,1,3,7,9-10,16,23H2,2,4H3/b13-6-.